The summed E-state index contributed by atoms with van der Waals surface area (Å²) in [5.41, 5.74) is 0. The van der Waals surface area contributed by atoms with Gasteiger partial charge in [-0.2, -0.15) is 5.26 Å². The van der Waals surface area contributed by atoms with Gasteiger partial charge in [-0.1, -0.05) is 26.0 Å². The van der Waals surface area contributed by atoms with Crippen molar-refractivity contribution in [1.29, 1.82) is 5.26 Å². The molecule has 4 heteroatoms. The third-order valence-corrected chi connectivity index (χ3v) is 4.55. The van der Waals surface area contributed by atoms with E-state index in [1.807, 2.05) is 13.8 Å². The van der Waals surface area contributed by atoms with Crippen molar-refractivity contribution in [2.75, 3.05) is 0 Å². The summed E-state index contributed by atoms with van der Waals surface area (Å²) in [7, 11) is 0. The van der Waals surface area contributed by atoms with Gasteiger partial charge in [0.05, 0.1) is 17.9 Å². The zero-order valence-corrected chi connectivity index (χ0v) is 10.5. The summed E-state index contributed by atoms with van der Waals surface area (Å²) in [5.74, 6) is -0.221. The van der Waals surface area contributed by atoms with Crippen LogP contribution in [0, 0.1) is 40.9 Å². The van der Waals surface area contributed by atoms with Gasteiger partial charge in [0.2, 0.25) is 11.8 Å². The Morgan fingerprint density at radius 1 is 1.22 bits per heavy atom. The maximum absolute atomic E-state index is 12.4. The first kappa shape index (κ1) is 11.5. The quantitative estimate of drug-likeness (QED) is 0.544. The third-order valence-electron chi connectivity index (χ3n) is 4.55. The van der Waals surface area contributed by atoms with Crippen LogP contribution in [-0.2, 0) is 9.59 Å². The average Bonchev–Trinajstić information content (AvgIpc) is 2.98. The number of rotatable bonds is 2. The fourth-order valence-corrected chi connectivity index (χ4v) is 3.70. The highest BCUT2D eigenvalue weighted by Gasteiger charge is 2.60. The van der Waals surface area contributed by atoms with Crippen LogP contribution in [0.2, 0.25) is 0 Å². The largest absolute Gasteiger partial charge is 0.274 e. The first-order chi connectivity index (χ1) is 8.56. The molecule has 4 nitrogen and oxygen atoms in total. The average molecular weight is 244 g/mol. The van der Waals surface area contributed by atoms with Crippen molar-refractivity contribution in [2.24, 2.45) is 29.6 Å². The van der Waals surface area contributed by atoms with Crippen molar-refractivity contribution in [3.05, 3.63) is 12.2 Å². The fraction of sp³-hybridized carbons (Fsp3) is 0.643. The Kier molecular flexibility index (Phi) is 2.34. The molecule has 1 heterocycles. The second-order valence-electron chi connectivity index (χ2n) is 5.86. The molecule has 0 aromatic carbocycles. The Hall–Kier alpha value is -1.63. The molecule has 2 fully saturated rings. The third kappa shape index (κ3) is 1.25. The molecular formula is C14H16N2O2. The molecule has 2 bridgehead atoms. The minimum Gasteiger partial charge on any atom is -0.274 e. The van der Waals surface area contributed by atoms with E-state index in [4.69, 9.17) is 0 Å². The van der Waals surface area contributed by atoms with Gasteiger partial charge in [-0.05, 0) is 24.2 Å². The van der Waals surface area contributed by atoms with Crippen molar-refractivity contribution in [2.45, 2.75) is 26.3 Å². The van der Waals surface area contributed by atoms with Crippen LogP contribution in [0.15, 0.2) is 12.2 Å². The molecule has 18 heavy (non-hydrogen) atoms. The van der Waals surface area contributed by atoms with E-state index < -0.39 is 6.04 Å². The molecule has 0 radical (unpaired) electrons. The van der Waals surface area contributed by atoms with Crippen molar-refractivity contribution >= 4 is 11.8 Å². The second-order valence-corrected chi connectivity index (χ2v) is 5.86. The molecule has 2 aliphatic carbocycles. The van der Waals surface area contributed by atoms with Gasteiger partial charge in [0, 0.05) is 0 Å². The van der Waals surface area contributed by atoms with Gasteiger partial charge < -0.3 is 0 Å². The van der Waals surface area contributed by atoms with Crippen LogP contribution in [0.25, 0.3) is 0 Å². The standard InChI is InChI=1S/C14H16N2O2/c1-7(2)10(6-15)16-13(17)11-8-3-4-9(5-8)12(11)14(16)18/h3-4,7-12H,5H2,1-2H3. The van der Waals surface area contributed by atoms with Crippen molar-refractivity contribution in [3.8, 4) is 6.07 Å². The predicted molar refractivity (Wildman–Crippen MR) is 63.8 cm³/mol. The van der Waals surface area contributed by atoms with E-state index in [0.29, 0.717) is 0 Å². The number of nitrogens with zero attached hydrogens (tertiary/aromatic N) is 2. The summed E-state index contributed by atoms with van der Waals surface area (Å²) in [6, 6.07) is 1.49. The van der Waals surface area contributed by atoms with Gasteiger partial charge in [-0.25, -0.2) is 0 Å². The summed E-state index contributed by atoms with van der Waals surface area (Å²) in [6.45, 7) is 3.74. The molecule has 5 unspecified atom stereocenters. The van der Waals surface area contributed by atoms with Crippen LogP contribution in [0.1, 0.15) is 20.3 Å². The van der Waals surface area contributed by atoms with Crippen molar-refractivity contribution in [1.82, 2.24) is 4.90 Å². The van der Waals surface area contributed by atoms with Crippen LogP contribution in [-0.4, -0.2) is 22.8 Å². The van der Waals surface area contributed by atoms with E-state index in [-0.39, 0.29) is 41.4 Å². The van der Waals surface area contributed by atoms with E-state index >= 15 is 0 Å². The topological polar surface area (TPSA) is 61.2 Å². The summed E-state index contributed by atoms with van der Waals surface area (Å²) in [6.07, 6.45) is 5.06. The molecular weight excluding hydrogens is 228 g/mol. The molecule has 0 spiro atoms. The smallest absolute Gasteiger partial charge is 0.234 e. The Labute approximate surface area is 106 Å². The number of carbonyl (C=O) groups excluding carboxylic acids is 2. The highest BCUT2D eigenvalue weighted by molar-refractivity contribution is 6.07. The molecule has 5 atom stereocenters. The van der Waals surface area contributed by atoms with E-state index in [2.05, 4.69) is 18.2 Å². The highest BCUT2D eigenvalue weighted by atomic mass is 16.2. The zero-order valence-electron chi connectivity index (χ0n) is 10.5. The van der Waals surface area contributed by atoms with Gasteiger partial charge in [0.1, 0.15) is 6.04 Å². The minimum atomic E-state index is -0.616. The first-order valence-corrected chi connectivity index (χ1v) is 6.51. The molecule has 1 aliphatic heterocycles. The van der Waals surface area contributed by atoms with E-state index in [9.17, 15) is 14.9 Å². The summed E-state index contributed by atoms with van der Waals surface area (Å²) in [5, 5.41) is 9.19. The Morgan fingerprint density at radius 3 is 2.11 bits per heavy atom. The number of imide groups is 1. The van der Waals surface area contributed by atoms with Crippen molar-refractivity contribution < 1.29 is 9.59 Å². The van der Waals surface area contributed by atoms with Gasteiger partial charge in [0.25, 0.3) is 0 Å². The number of nitriles is 1. The van der Waals surface area contributed by atoms with Crippen LogP contribution in [0.5, 0.6) is 0 Å². The highest BCUT2D eigenvalue weighted by Crippen LogP contribution is 2.53. The second kappa shape index (κ2) is 3.68. The number of fused-ring (bicyclic) bond motifs is 5. The minimum absolute atomic E-state index is 0.0210. The SMILES string of the molecule is CC(C)C(C#N)N1C(=O)C2C3C=CC(C3)C2C1=O. The van der Waals surface area contributed by atoms with Gasteiger partial charge in [0.15, 0.2) is 0 Å². The van der Waals surface area contributed by atoms with Crippen LogP contribution in [0.3, 0.4) is 0 Å². The molecule has 94 valence electrons. The predicted octanol–water partition coefficient (Wildman–Crippen LogP) is 1.34. The lowest BCUT2D eigenvalue weighted by atomic mass is 9.85. The molecule has 0 N–H and O–H groups in total. The molecule has 3 rings (SSSR count). The number of hydrogen-bond acceptors (Lipinski definition) is 3. The lowest BCUT2D eigenvalue weighted by Crippen LogP contribution is -2.43. The number of amides is 2. The Morgan fingerprint density at radius 2 is 1.72 bits per heavy atom. The normalized spacial score (nSPS) is 38.4. The number of hydrogen-bond donors (Lipinski definition) is 0. The number of allylic oxidation sites excluding steroid dienone is 2. The maximum atomic E-state index is 12.4. The molecule has 1 saturated carbocycles. The lowest BCUT2D eigenvalue weighted by Gasteiger charge is -2.25. The van der Waals surface area contributed by atoms with Crippen LogP contribution >= 0.6 is 0 Å². The maximum Gasteiger partial charge on any atom is 0.234 e. The molecule has 0 aromatic rings. The van der Waals surface area contributed by atoms with Gasteiger partial charge >= 0.3 is 0 Å². The molecule has 3 aliphatic rings. The fourth-order valence-electron chi connectivity index (χ4n) is 3.70. The molecule has 1 saturated heterocycles. The van der Waals surface area contributed by atoms with E-state index in [1.165, 1.54) is 4.90 Å². The Balaban J connectivity index is 1.95. The Bertz CT molecular complexity index is 459. The van der Waals surface area contributed by atoms with E-state index in [0.717, 1.165) is 6.42 Å². The van der Waals surface area contributed by atoms with Gasteiger partial charge in [-0.3, -0.25) is 14.5 Å². The molecule has 2 amide bonds. The first-order valence-electron chi connectivity index (χ1n) is 6.51. The summed E-state index contributed by atoms with van der Waals surface area (Å²) < 4.78 is 0. The number of likely N-dealkylation sites (tertiary alicyclic amines) is 1. The monoisotopic (exact) mass is 244 g/mol. The van der Waals surface area contributed by atoms with Crippen molar-refractivity contribution in [3.63, 3.8) is 0 Å². The summed E-state index contributed by atoms with van der Waals surface area (Å²) >= 11 is 0. The summed E-state index contributed by atoms with van der Waals surface area (Å²) in [4.78, 5) is 26.1. The van der Waals surface area contributed by atoms with E-state index in [1.54, 1.807) is 0 Å². The van der Waals surface area contributed by atoms with Crippen LogP contribution < -0.4 is 0 Å². The number of carbonyl (C=O) groups is 2. The van der Waals surface area contributed by atoms with Gasteiger partial charge in [-0.15, -0.1) is 0 Å². The zero-order chi connectivity index (χ0) is 13.0. The molecule has 0 aromatic heterocycles. The van der Waals surface area contributed by atoms with Crippen LogP contribution in [0.4, 0.5) is 0 Å². The lowest BCUT2D eigenvalue weighted by molar-refractivity contribution is -0.143.